The molecule has 0 aliphatic carbocycles. The summed E-state index contributed by atoms with van der Waals surface area (Å²) >= 11 is 2.01. The molecule has 4 N–H and O–H groups in total. The lowest BCUT2D eigenvalue weighted by molar-refractivity contribution is 0.0553. The molecule has 9 nitrogen and oxygen atoms in total. The molecular weight excluding hydrogens is 601 g/mol. The van der Waals surface area contributed by atoms with Crippen LogP contribution in [-0.2, 0) is 19.3 Å². The van der Waals surface area contributed by atoms with E-state index in [1.165, 1.54) is 0 Å². The van der Waals surface area contributed by atoms with Crippen LogP contribution in [-0.4, -0.2) is 32.4 Å². The molecule has 0 saturated carbocycles. The maximum absolute atomic E-state index is 11.5. The quantitative estimate of drug-likeness (QED) is 0.151. The molecule has 6 rings (SSSR count). The highest BCUT2D eigenvalue weighted by molar-refractivity contribution is 7.09. The van der Waals surface area contributed by atoms with Crippen LogP contribution >= 0.6 is 22.7 Å². The van der Waals surface area contributed by atoms with Crippen molar-refractivity contribution in [1.29, 1.82) is 0 Å². The predicted molar refractivity (Wildman–Crippen MR) is 171 cm³/mol. The fourth-order valence-electron chi connectivity index (χ4n) is 5.44. The maximum Gasteiger partial charge on any atom is 0.307 e. The monoisotopic (exact) mass is 632 g/mol. The largest absolute Gasteiger partial charge is 0.494 e. The van der Waals surface area contributed by atoms with Crippen LogP contribution in [0.4, 0.5) is 0 Å². The first-order chi connectivity index (χ1) is 21.0. The molecule has 1 aliphatic heterocycles. The van der Waals surface area contributed by atoms with E-state index in [1.54, 1.807) is 0 Å². The average molecular weight is 633 g/mol. The van der Waals surface area contributed by atoms with Gasteiger partial charge >= 0.3 is 9.75 Å². The van der Waals surface area contributed by atoms with Crippen molar-refractivity contribution >= 4 is 22.7 Å². The van der Waals surface area contributed by atoms with Gasteiger partial charge in [-0.25, -0.2) is 0 Å². The second-order valence-corrected chi connectivity index (χ2v) is 13.5. The summed E-state index contributed by atoms with van der Waals surface area (Å²) < 4.78 is 19.1. The Morgan fingerprint density at radius 3 is 1.82 bits per heavy atom. The Kier molecular flexibility index (Phi) is 7.77. The zero-order valence-electron chi connectivity index (χ0n) is 24.7. The summed E-state index contributed by atoms with van der Waals surface area (Å²) in [6, 6.07) is 15.3. The zero-order valence-corrected chi connectivity index (χ0v) is 26.3. The van der Waals surface area contributed by atoms with E-state index in [4.69, 9.17) is 14.2 Å². The molecule has 0 fully saturated rings. The molecule has 0 amide bonds. The van der Waals surface area contributed by atoms with E-state index in [1.807, 2.05) is 69.3 Å². The van der Waals surface area contributed by atoms with Crippen molar-refractivity contribution in [1.82, 2.24) is 9.97 Å². The molecule has 0 saturated heterocycles. The Bertz CT molecular complexity index is 1950. The first-order valence-corrected chi connectivity index (χ1v) is 15.7. The van der Waals surface area contributed by atoms with Crippen molar-refractivity contribution in [3.63, 3.8) is 0 Å². The first kappa shape index (κ1) is 29.6. The average Bonchev–Trinajstić information content (AvgIpc) is 3.63. The fraction of sp³-hybridized carbons (Fsp3) is 0.273. The molecule has 2 aromatic heterocycles. The third kappa shape index (κ3) is 5.97. The van der Waals surface area contributed by atoms with Gasteiger partial charge < -0.3 is 24.4 Å². The van der Waals surface area contributed by atoms with Crippen LogP contribution in [0.5, 0.6) is 34.8 Å². The molecule has 0 bridgehead atoms. The number of aromatic nitrogens is 2. The van der Waals surface area contributed by atoms with Crippen molar-refractivity contribution in [3.05, 3.63) is 111 Å². The Labute approximate surface area is 261 Å². The number of benzene rings is 3. The summed E-state index contributed by atoms with van der Waals surface area (Å²) in [7, 11) is 0. The topological polar surface area (TPSA) is 134 Å². The van der Waals surface area contributed by atoms with Crippen molar-refractivity contribution in [2.45, 2.75) is 52.6 Å². The van der Waals surface area contributed by atoms with E-state index >= 15 is 0 Å². The minimum atomic E-state index is -0.568. The second kappa shape index (κ2) is 11.5. The number of H-pyrrole nitrogens is 2. The van der Waals surface area contributed by atoms with Crippen molar-refractivity contribution in [2.75, 3.05) is 6.61 Å². The van der Waals surface area contributed by atoms with E-state index in [0.29, 0.717) is 47.1 Å². The third-order valence-corrected chi connectivity index (χ3v) is 9.69. The SMILES string of the molecule is Cc1c(C)c2c(c(C)c1Oc1ccc(Cc3sc(=O)[nH]c3O)cc1)CC(C)(COc1ccc(Cc3sc(=O)[nH]c3O)cc1)O2. The van der Waals surface area contributed by atoms with Gasteiger partial charge in [-0.2, -0.15) is 0 Å². The Morgan fingerprint density at radius 1 is 0.795 bits per heavy atom. The molecule has 0 radical (unpaired) electrons. The highest BCUT2D eigenvalue weighted by Gasteiger charge is 2.39. The van der Waals surface area contributed by atoms with Gasteiger partial charge in [-0.1, -0.05) is 46.9 Å². The van der Waals surface area contributed by atoms with Crippen LogP contribution in [0.2, 0.25) is 0 Å². The van der Waals surface area contributed by atoms with Crippen LogP contribution in [0, 0.1) is 20.8 Å². The van der Waals surface area contributed by atoms with Crippen LogP contribution in [0.3, 0.4) is 0 Å². The molecule has 1 aliphatic rings. The molecule has 1 unspecified atom stereocenters. The van der Waals surface area contributed by atoms with Crippen molar-refractivity contribution < 1.29 is 24.4 Å². The minimum absolute atomic E-state index is 0.0788. The van der Waals surface area contributed by atoms with Gasteiger partial charge in [0.2, 0.25) is 11.8 Å². The summed E-state index contributed by atoms with van der Waals surface area (Å²) in [5.41, 5.74) is 5.51. The molecule has 0 spiro atoms. The van der Waals surface area contributed by atoms with Gasteiger partial charge in [-0.15, -0.1) is 0 Å². The van der Waals surface area contributed by atoms with E-state index < -0.39 is 5.60 Å². The van der Waals surface area contributed by atoms with Crippen LogP contribution in [0.25, 0.3) is 0 Å². The van der Waals surface area contributed by atoms with E-state index in [-0.39, 0.29) is 21.5 Å². The first-order valence-electron chi connectivity index (χ1n) is 14.1. The Balaban J connectivity index is 1.12. The molecule has 3 aromatic carbocycles. The molecule has 44 heavy (non-hydrogen) atoms. The Hall–Kier alpha value is -4.48. The number of hydrogen-bond donors (Lipinski definition) is 4. The normalized spacial score (nSPS) is 15.6. The predicted octanol–water partition coefficient (Wildman–Crippen LogP) is 6.27. The van der Waals surface area contributed by atoms with Gasteiger partial charge in [0, 0.05) is 24.8 Å². The summed E-state index contributed by atoms with van der Waals surface area (Å²) in [6.07, 6.45) is 1.58. The maximum atomic E-state index is 11.5. The molecule has 3 heterocycles. The van der Waals surface area contributed by atoms with Crippen LogP contribution < -0.4 is 24.0 Å². The minimum Gasteiger partial charge on any atom is -0.494 e. The number of ether oxygens (including phenoxy) is 3. The zero-order chi connectivity index (χ0) is 31.2. The van der Waals surface area contributed by atoms with Crippen LogP contribution in [0.1, 0.15) is 50.1 Å². The standard InChI is InChI=1S/C33H32N2O7S2/c1-17-18(2)28-24(19(3)27(17)41-23-11-7-21(8-12-23)14-26-30(37)35-32(39)44-26)15-33(4,42-28)16-40-22-9-5-20(6-10-22)13-25-29(36)34-31(38)43-25/h5-12,36-37H,13-16H2,1-4H3,(H,34,38)(H,35,39). The number of fused-ring (bicyclic) bond motifs is 1. The van der Waals surface area contributed by atoms with E-state index in [9.17, 15) is 19.8 Å². The van der Waals surface area contributed by atoms with Gasteiger partial charge in [-0.3, -0.25) is 19.6 Å². The van der Waals surface area contributed by atoms with E-state index in [0.717, 1.165) is 67.6 Å². The number of aromatic amines is 2. The summed E-state index contributed by atoms with van der Waals surface area (Å²) in [4.78, 5) is 28.4. The van der Waals surface area contributed by atoms with Crippen molar-refractivity contribution in [2.24, 2.45) is 0 Å². The van der Waals surface area contributed by atoms with Gasteiger partial charge in [0.15, 0.2) is 0 Å². The molecule has 1 atom stereocenters. The second-order valence-electron chi connectivity index (χ2n) is 11.3. The lowest BCUT2D eigenvalue weighted by atomic mass is 9.93. The smallest absolute Gasteiger partial charge is 0.307 e. The number of thiazole rings is 2. The third-order valence-electron chi connectivity index (χ3n) is 7.95. The van der Waals surface area contributed by atoms with E-state index in [2.05, 4.69) is 16.9 Å². The van der Waals surface area contributed by atoms with Crippen molar-refractivity contribution in [3.8, 4) is 34.8 Å². The lowest BCUT2D eigenvalue weighted by Crippen LogP contribution is -2.37. The van der Waals surface area contributed by atoms with Gasteiger partial charge in [0.1, 0.15) is 35.2 Å². The van der Waals surface area contributed by atoms with Gasteiger partial charge in [-0.05, 0) is 79.8 Å². The lowest BCUT2D eigenvalue weighted by Gasteiger charge is -2.24. The summed E-state index contributed by atoms with van der Waals surface area (Å²) in [5.74, 6) is 2.92. The van der Waals surface area contributed by atoms with Crippen LogP contribution in [0.15, 0.2) is 58.1 Å². The van der Waals surface area contributed by atoms with Gasteiger partial charge in [0.05, 0.1) is 9.75 Å². The van der Waals surface area contributed by atoms with Gasteiger partial charge in [0.25, 0.3) is 0 Å². The Morgan fingerprint density at radius 2 is 1.32 bits per heavy atom. The fourth-order valence-corrected chi connectivity index (χ4v) is 6.96. The molecule has 228 valence electrons. The molecule has 11 heteroatoms. The highest BCUT2D eigenvalue weighted by Crippen LogP contribution is 2.46. The summed E-state index contributed by atoms with van der Waals surface area (Å²) in [5, 5.41) is 19.8. The molecular formula is C33H32N2O7S2. The number of nitrogens with one attached hydrogen (secondary N) is 2. The number of aromatic hydroxyl groups is 2. The highest BCUT2D eigenvalue weighted by atomic mass is 32.1. The summed E-state index contributed by atoms with van der Waals surface area (Å²) in [6.45, 7) is 8.53. The number of rotatable bonds is 9. The number of hydrogen-bond acceptors (Lipinski definition) is 9. The molecule has 5 aromatic rings.